The summed E-state index contributed by atoms with van der Waals surface area (Å²) in [6.45, 7) is 0. The van der Waals surface area contributed by atoms with Gasteiger partial charge >= 0.3 is 74.1 Å². The summed E-state index contributed by atoms with van der Waals surface area (Å²) in [5, 5.41) is 0. The van der Waals surface area contributed by atoms with Gasteiger partial charge in [-0.3, -0.25) is 0 Å². The Labute approximate surface area is 75.0 Å². The molecular formula is C6H21N4OP. The van der Waals surface area contributed by atoms with Crippen LogP contribution in [0.1, 0.15) is 0 Å². The van der Waals surface area contributed by atoms with Crippen molar-refractivity contribution in [1.29, 1.82) is 0 Å². The van der Waals surface area contributed by atoms with Gasteiger partial charge in [-0.1, -0.05) is 0 Å². The maximum atomic E-state index is 10.4. The molecule has 0 unspecified atom stereocenters. The summed E-state index contributed by atoms with van der Waals surface area (Å²) < 4.78 is 5.02. The third kappa shape index (κ3) is 1.48. The number of nitrogens with zero attached hydrogens (tertiary/aromatic N) is 3. The summed E-state index contributed by atoms with van der Waals surface area (Å²) in [6.07, 6.45) is 0. The van der Waals surface area contributed by atoms with E-state index < -0.39 is 7.43 Å². The van der Waals surface area contributed by atoms with Gasteiger partial charge in [-0.25, -0.2) is 0 Å². The van der Waals surface area contributed by atoms with E-state index >= 15 is 0 Å². The van der Waals surface area contributed by atoms with E-state index in [-0.39, 0.29) is 0 Å². The summed E-state index contributed by atoms with van der Waals surface area (Å²) in [5.74, 6) is 0. The Hall–Kier alpha value is 0.230. The molecule has 0 aliphatic rings. The van der Waals surface area contributed by atoms with Crippen molar-refractivity contribution in [2.45, 2.75) is 0 Å². The van der Waals surface area contributed by atoms with E-state index in [1.165, 1.54) is 0 Å². The van der Waals surface area contributed by atoms with Crippen molar-refractivity contribution in [3.63, 3.8) is 0 Å². The van der Waals surface area contributed by atoms with Gasteiger partial charge in [0.05, 0.1) is 0 Å². The molecule has 0 saturated heterocycles. The molecule has 0 amide bonds. The van der Waals surface area contributed by atoms with Crippen LogP contribution in [0.3, 0.4) is 0 Å². The van der Waals surface area contributed by atoms with E-state index in [0.717, 1.165) is 0 Å². The van der Waals surface area contributed by atoms with Crippen LogP contribution in [0.25, 0.3) is 0 Å². The molecule has 0 rings (SSSR count). The Bertz CT molecular complexity index is 140. The summed E-state index contributed by atoms with van der Waals surface area (Å²) >= 11 is 0. The molecule has 0 aliphatic carbocycles. The van der Waals surface area contributed by atoms with Crippen molar-refractivity contribution >= 4 is 7.43 Å². The first-order valence-electron chi connectivity index (χ1n) is 3.74. The predicted molar refractivity (Wildman–Crippen MR) is 54.4 cm³/mol. The molecule has 0 saturated carbocycles. The van der Waals surface area contributed by atoms with Crippen LogP contribution < -0.4 is 5.50 Å². The van der Waals surface area contributed by atoms with Gasteiger partial charge in [0.15, 0.2) is 0 Å². The van der Waals surface area contributed by atoms with E-state index in [1.54, 1.807) is 56.3 Å². The minimum absolute atomic E-state index is 1.67. The van der Waals surface area contributed by atoms with Gasteiger partial charge in [-0.2, -0.15) is 0 Å². The fourth-order valence-electron chi connectivity index (χ4n) is 1.07. The monoisotopic (exact) mass is 196 g/mol. The first-order chi connectivity index (χ1) is 5.13. The average Bonchev–Trinajstić information content (AvgIpc) is 1.86. The van der Waals surface area contributed by atoms with Crippen LogP contribution in [0.5, 0.6) is 0 Å². The molecule has 0 aromatic heterocycles. The van der Waals surface area contributed by atoms with Crippen molar-refractivity contribution in [2.24, 2.45) is 5.50 Å². The molecule has 0 aliphatic heterocycles. The molecule has 0 spiro atoms. The zero-order chi connectivity index (χ0) is 10.2. The number of hydrogen-bond donors (Lipinski definition) is 2. The van der Waals surface area contributed by atoms with Crippen molar-refractivity contribution in [2.75, 3.05) is 42.3 Å². The predicted octanol–water partition coefficient (Wildman–Crippen LogP) is -0.249. The van der Waals surface area contributed by atoms with E-state index in [4.69, 9.17) is 5.50 Å². The van der Waals surface area contributed by atoms with Crippen LogP contribution in [0, 0.1) is 0 Å². The Morgan fingerprint density at radius 3 is 1.00 bits per heavy atom. The van der Waals surface area contributed by atoms with E-state index in [1.807, 2.05) is 0 Å². The minimum atomic E-state index is -3.45. The van der Waals surface area contributed by atoms with Gasteiger partial charge < -0.3 is 0 Å². The molecule has 0 heterocycles. The Morgan fingerprint density at radius 2 is 1.00 bits per heavy atom. The molecule has 0 fully saturated rings. The fraction of sp³-hybridized carbons (Fsp3) is 1.00. The molecule has 0 aromatic rings. The molecule has 0 atom stereocenters. The summed E-state index contributed by atoms with van der Waals surface area (Å²) in [5.41, 5.74) is 6.03. The first kappa shape index (κ1) is 12.2. The van der Waals surface area contributed by atoms with Gasteiger partial charge in [0.25, 0.3) is 0 Å². The summed E-state index contributed by atoms with van der Waals surface area (Å²) in [6, 6.07) is 0. The second kappa shape index (κ2) is 3.18. The number of rotatable bonds is 3. The molecular weight excluding hydrogens is 175 g/mol. The van der Waals surface area contributed by atoms with Crippen LogP contribution in [0.2, 0.25) is 0 Å². The molecule has 6 heteroatoms. The average molecular weight is 196 g/mol. The van der Waals surface area contributed by atoms with Gasteiger partial charge in [0.2, 0.25) is 0 Å². The number of nitrogens with two attached hydrogens (primary N) is 1. The molecule has 3 N–H and O–H groups in total. The second-order valence-electron chi connectivity index (χ2n) is 3.54. The van der Waals surface area contributed by atoms with Crippen molar-refractivity contribution in [1.82, 2.24) is 14.0 Å². The Balaban J connectivity index is 5.09. The van der Waals surface area contributed by atoms with Crippen molar-refractivity contribution in [3.8, 4) is 0 Å². The van der Waals surface area contributed by atoms with Gasteiger partial charge in [-0.05, 0) is 0 Å². The molecule has 76 valence electrons. The van der Waals surface area contributed by atoms with Crippen LogP contribution in [0.4, 0.5) is 0 Å². The maximum absolute atomic E-state index is 10.4. The van der Waals surface area contributed by atoms with Gasteiger partial charge in [-0.15, -0.1) is 0 Å². The summed E-state index contributed by atoms with van der Waals surface area (Å²) in [4.78, 5) is 10.4. The third-order valence-electron chi connectivity index (χ3n) is 2.30. The Kier molecular flexibility index (Phi) is 3.24. The van der Waals surface area contributed by atoms with Crippen LogP contribution in [0.15, 0.2) is 0 Å². The second-order valence-corrected chi connectivity index (χ2v) is 7.94. The first-order valence-corrected chi connectivity index (χ1v) is 5.86. The molecule has 0 bridgehead atoms. The van der Waals surface area contributed by atoms with Crippen molar-refractivity contribution in [3.05, 3.63) is 0 Å². The van der Waals surface area contributed by atoms with E-state index in [0.29, 0.717) is 0 Å². The van der Waals surface area contributed by atoms with Crippen LogP contribution in [-0.2, 0) is 0 Å². The van der Waals surface area contributed by atoms with Gasteiger partial charge in [0.1, 0.15) is 0 Å². The van der Waals surface area contributed by atoms with E-state index in [2.05, 4.69) is 0 Å². The Morgan fingerprint density at radius 1 is 0.833 bits per heavy atom. The SMILES string of the molecule is CN(C)P(N)(O)(N(C)C)N(C)C. The van der Waals surface area contributed by atoms with Crippen molar-refractivity contribution < 1.29 is 4.89 Å². The zero-order valence-corrected chi connectivity index (χ0v) is 9.71. The van der Waals surface area contributed by atoms with Crippen LogP contribution in [-0.4, -0.2) is 61.2 Å². The molecule has 0 radical (unpaired) electrons. The molecule has 5 nitrogen and oxygen atoms in total. The standard InChI is InChI=1S/C6H21N4OP/c1-8(2)12(7,11,9(3)4)10(5)6/h11H,7H2,1-6H3. The van der Waals surface area contributed by atoms with E-state index in [9.17, 15) is 4.89 Å². The summed E-state index contributed by atoms with van der Waals surface area (Å²) in [7, 11) is 7.20. The van der Waals surface area contributed by atoms with Crippen LogP contribution >= 0.6 is 7.43 Å². The third-order valence-corrected chi connectivity index (χ3v) is 6.91. The normalized spacial score (nSPS) is 17.1. The quantitative estimate of drug-likeness (QED) is 0.610. The number of hydrogen-bond acceptors (Lipinski definition) is 5. The molecule has 12 heavy (non-hydrogen) atoms. The fourth-order valence-corrected chi connectivity index (χ4v) is 3.22. The zero-order valence-electron chi connectivity index (χ0n) is 8.81. The molecule has 0 aromatic carbocycles. The van der Waals surface area contributed by atoms with Gasteiger partial charge in [0, 0.05) is 0 Å². The topological polar surface area (TPSA) is 56.0 Å².